The third-order valence-electron chi connectivity index (χ3n) is 14.2. The average Bonchev–Trinajstić information content (AvgIpc) is 3.47. The molecule has 11 nitrogen and oxygen atoms in total. The number of esters is 1. The van der Waals surface area contributed by atoms with Crippen molar-refractivity contribution in [2.45, 2.75) is 282 Å². The van der Waals surface area contributed by atoms with E-state index in [0.29, 0.717) is 12.8 Å². The van der Waals surface area contributed by atoms with Crippen molar-refractivity contribution in [3.05, 3.63) is 134 Å². The molecule has 0 aromatic rings. The summed E-state index contributed by atoms with van der Waals surface area (Å²) in [4.78, 5) is 26.6. The number of nitrogens with one attached hydrogen (secondary N) is 1. The molecule has 1 rings (SSSR count). The minimum atomic E-state index is -1.63. The summed E-state index contributed by atoms with van der Waals surface area (Å²) < 4.78 is 17.6. The molecule has 1 aliphatic heterocycles. The Hall–Kier alpha value is -4.20. The Labute approximate surface area is 493 Å². The van der Waals surface area contributed by atoms with E-state index < -0.39 is 67.4 Å². The fourth-order valence-electron chi connectivity index (χ4n) is 9.17. The molecule has 1 fully saturated rings. The first-order valence-electron chi connectivity index (χ1n) is 32.0. The van der Waals surface area contributed by atoms with E-state index in [0.717, 1.165) is 109 Å². The Balaban J connectivity index is 2.66. The predicted molar refractivity (Wildman–Crippen MR) is 337 cm³/mol. The van der Waals surface area contributed by atoms with Crippen LogP contribution in [0.1, 0.15) is 233 Å². The van der Waals surface area contributed by atoms with Crippen LogP contribution in [0, 0.1) is 0 Å². The van der Waals surface area contributed by atoms with Crippen LogP contribution in [-0.4, -0.2) is 99.6 Å². The van der Waals surface area contributed by atoms with E-state index >= 15 is 0 Å². The Morgan fingerprint density at radius 3 is 1.48 bits per heavy atom. The van der Waals surface area contributed by atoms with Crippen LogP contribution in [0.25, 0.3) is 0 Å². The van der Waals surface area contributed by atoms with Gasteiger partial charge in [-0.25, -0.2) is 0 Å². The number of allylic oxidation sites excluding steroid dienone is 21. The molecule has 1 heterocycles. The molecule has 0 radical (unpaired) electrons. The number of amides is 1. The first kappa shape index (κ1) is 74.8. The summed E-state index contributed by atoms with van der Waals surface area (Å²) in [5.74, 6) is -1.25. The van der Waals surface area contributed by atoms with Crippen LogP contribution in [0.15, 0.2) is 134 Å². The van der Waals surface area contributed by atoms with Crippen LogP contribution < -0.4 is 5.32 Å². The van der Waals surface area contributed by atoms with Crippen LogP contribution in [0.2, 0.25) is 0 Å². The molecule has 1 aliphatic rings. The van der Waals surface area contributed by atoms with Crippen molar-refractivity contribution in [3.63, 3.8) is 0 Å². The van der Waals surface area contributed by atoms with Gasteiger partial charge in [-0.2, -0.15) is 0 Å². The number of aliphatic hydroxyl groups is 5. The first-order chi connectivity index (χ1) is 39.7. The van der Waals surface area contributed by atoms with Crippen LogP contribution >= 0.6 is 0 Å². The van der Waals surface area contributed by atoms with Gasteiger partial charge in [0.1, 0.15) is 24.4 Å². The van der Waals surface area contributed by atoms with Gasteiger partial charge < -0.3 is 45.1 Å². The van der Waals surface area contributed by atoms with Gasteiger partial charge in [0, 0.05) is 6.42 Å². The van der Waals surface area contributed by atoms with Gasteiger partial charge in [-0.3, -0.25) is 9.59 Å². The fraction of sp³-hybridized carbons (Fsp3) is 0.657. The van der Waals surface area contributed by atoms with Crippen molar-refractivity contribution in [2.24, 2.45) is 0 Å². The highest BCUT2D eigenvalue weighted by Crippen LogP contribution is 2.26. The highest BCUT2D eigenvalue weighted by Gasteiger charge is 2.47. The molecule has 8 unspecified atom stereocenters. The number of carbonyl (C=O) groups excluding carboxylic acids is 2. The van der Waals surface area contributed by atoms with Crippen molar-refractivity contribution in [3.8, 4) is 0 Å². The minimum Gasteiger partial charge on any atom is -0.454 e. The lowest BCUT2D eigenvalue weighted by Gasteiger charge is -2.41. The fourth-order valence-corrected chi connectivity index (χ4v) is 9.17. The second-order valence-electron chi connectivity index (χ2n) is 21.5. The van der Waals surface area contributed by atoms with Crippen molar-refractivity contribution < 1.29 is 49.3 Å². The van der Waals surface area contributed by atoms with Gasteiger partial charge in [0.2, 0.25) is 5.91 Å². The minimum absolute atomic E-state index is 0.102. The van der Waals surface area contributed by atoms with E-state index in [1.807, 2.05) is 60.8 Å². The lowest BCUT2D eigenvalue weighted by Crippen LogP contribution is -2.61. The van der Waals surface area contributed by atoms with Gasteiger partial charge in [0.25, 0.3) is 0 Å². The number of hydrogen-bond acceptors (Lipinski definition) is 10. The first-order valence-corrected chi connectivity index (χ1v) is 32.0. The molecule has 1 amide bonds. The molecular formula is C70H115NO10. The van der Waals surface area contributed by atoms with E-state index in [2.05, 4.69) is 92.9 Å². The van der Waals surface area contributed by atoms with Crippen molar-refractivity contribution >= 4 is 11.9 Å². The highest BCUT2D eigenvalue weighted by molar-refractivity contribution is 5.80. The van der Waals surface area contributed by atoms with Gasteiger partial charge in [0.15, 0.2) is 12.4 Å². The smallest absolute Gasteiger partial charge is 0.306 e. The van der Waals surface area contributed by atoms with E-state index in [1.165, 1.54) is 77.0 Å². The van der Waals surface area contributed by atoms with Gasteiger partial charge >= 0.3 is 5.97 Å². The van der Waals surface area contributed by atoms with Gasteiger partial charge in [-0.05, 0) is 89.9 Å². The number of ether oxygens (including phenoxy) is 3. The zero-order valence-electron chi connectivity index (χ0n) is 50.8. The summed E-state index contributed by atoms with van der Waals surface area (Å²) in [6.07, 6.45) is 69.2. The zero-order valence-corrected chi connectivity index (χ0v) is 50.8. The normalized spacial score (nSPS) is 19.6. The quantitative estimate of drug-likeness (QED) is 0.0149. The third-order valence-corrected chi connectivity index (χ3v) is 14.2. The molecule has 0 bridgehead atoms. The summed E-state index contributed by atoms with van der Waals surface area (Å²) in [6.45, 7) is 5.49. The number of hydrogen-bond donors (Lipinski definition) is 6. The van der Waals surface area contributed by atoms with Crippen LogP contribution in [0.4, 0.5) is 0 Å². The molecule has 0 saturated carbocycles. The second-order valence-corrected chi connectivity index (χ2v) is 21.5. The summed E-state index contributed by atoms with van der Waals surface area (Å²) in [6, 6.07) is -1.06. The highest BCUT2D eigenvalue weighted by atomic mass is 16.7. The maximum Gasteiger partial charge on any atom is 0.306 e. The van der Waals surface area contributed by atoms with Gasteiger partial charge in [-0.15, -0.1) is 0 Å². The Bertz CT molecular complexity index is 1830. The maximum absolute atomic E-state index is 13.4. The molecule has 460 valence electrons. The van der Waals surface area contributed by atoms with E-state index in [-0.39, 0.29) is 19.4 Å². The summed E-state index contributed by atoms with van der Waals surface area (Å²) >= 11 is 0. The molecule has 0 aliphatic carbocycles. The maximum atomic E-state index is 13.4. The molecule has 11 heteroatoms. The predicted octanol–water partition coefficient (Wildman–Crippen LogP) is 15.6. The van der Waals surface area contributed by atoms with Crippen molar-refractivity contribution in [1.29, 1.82) is 0 Å². The number of carbonyl (C=O) groups is 2. The molecule has 8 atom stereocenters. The number of rotatable bonds is 52. The summed E-state index contributed by atoms with van der Waals surface area (Å²) in [5, 5.41) is 57.0. The average molecular weight is 1130 g/mol. The van der Waals surface area contributed by atoms with E-state index in [1.54, 1.807) is 6.08 Å². The lowest BCUT2D eigenvalue weighted by molar-refractivity contribution is -0.305. The van der Waals surface area contributed by atoms with E-state index in [9.17, 15) is 35.1 Å². The summed E-state index contributed by atoms with van der Waals surface area (Å²) in [7, 11) is 0. The zero-order chi connectivity index (χ0) is 58.9. The third kappa shape index (κ3) is 44.1. The Morgan fingerprint density at radius 2 is 0.951 bits per heavy atom. The topological polar surface area (TPSA) is 175 Å². The van der Waals surface area contributed by atoms with Crippen LogP contribution in [0.5, 0.6) is 0 Å². The van der Waals surface area contributed by atoms with Crippen molar-refractivity contribution in [1.82, 2.24) is 5.32 Å². The lowest BCUT2D eigenvalue weighted by atomic mass is 9.99. The molecule has 0 aromatic carbocycles. The Morgan fingerprint density at radius 1 is 0.506 bits per heavy atom. The number of unbranched alkanes of at least 4 members (excludes halogenated alkanes) is 22. The van der Waals surface area contributed by atoms with Crippen LogP contribution in [-0.2, 0) is 23.8 Å². The molecule has 1 saturated heterocycles. The summed E-state index contributed by atoms with van der Waals surface area (Å²) in [5.41, 5.74) is 0. The number of aliphatic hydroxyl groups excluding tert-OH is 5. The van der Waals surface area contributed by atoms with Crippen LogP contribution in [0.3, 0.4) is 0 Å². The largest absolute Gasteiger partial charge is 0.454 e. The van der Waals surface area contributed by atoms with Crippen molar-refractivity contribution in [2.75, 3.05) is 13.2 Å². The van der Waals surface area contributed by atoms with E-state index in [4.69, 9.17) is 14.2 Å². The monoisotopic (exact) mass is 1130 g/mol. The molecular weight excluding hydrogens is 1010 g/mol. The van der Waals surface area contributed by atoms with Gasteiger partial charge in [0.05, 0.1) is 25.4 Å². The standard InChI is InChI=1S/C70H115NO10/c1-4-7-10-13-16-19-22-25-27-28-29-30-31-32-33-34-35-36-37-40-43-46-49-52-55-58-65(75)81-68-67(77)66(76)64(59-72)80-70(68)79-60-61(62(73)56-53-50-47-44-41-38-24-21-18-15-12-9-6-3)71-69(78)63(74)57-54-51-48-45-42-39-26-23-20-17-14-11-8-5-2/h7-8,10-11,14,16-17,19-20,23,25-27,29-30,32-33,39,42,45,53,56,61-64,66-68,70,72-74,76-77H,4-6,9,12-13,15,18,21-22,24,28,31,34-38,40-41,43-44,46-52,54-55,57-60H2,1-3H3,(H,71,78)/b10-7-,11-8+,17-14+,19-16-,23-20-,27-25-,30-29-,33-32-,39-26-,45-42+,56-53+. The van der Waals surface area contributed by atoms with Gasteiger partial charge in [-0.1, -0.05) is 270 Å². The molecule has 0 aromatic heterocycles. The molecule has 81 heavy (non-hydrogen) atoms. The Kier molecular flexibility index (Phi) is 52.0. The molecule has 6 N–H and O–H groups in total. The molecule has 0 spiro atoms. The SMILES string of the molecule is CC/C=C\C/C=C\C/C=C\C/C=C\C/C=C\CCCCCCCCCCCC(=O)OC1C(OCC(NC(=O)C(O)CCCC/C=C/C=C\C=C/C=C/C=C/CC)C(O)/C=C/CCCCCCCCCCCCC)OC(CO)C(O)C1O. The second kappa shape index (κ2) is 56.3.